The van der Waals surface area contributed by atoms with Gasteiger partial charge in [-0.25, -0.2) is 0 Å². The Morgan fingerprint density at radius 1 is 1.42 bits per heavy atom. The summed E-state index contributed by atoms with van der Waals surface area (Å²) in [6.07, 6.45) is 0. The molecule has 0 aromatic heterocycles. The highest BCUT2D eigenvalue weighted by molar-refractivity contribution is 5.97. The van der Waals surface area contributed by atoms with Crippen LogP contribution in [0.3, 0.4) is 0 Å². The van der Waals surface area contributed by atoms with Gasteiger partial charge in [0.05, 0.1) is 25.3 Å². The molecule has 2 rings (SSSR count). The molecule has 1 amide bonds. The SMILES string of the molecule is Cc1ccc(C#CCN)c(C(=O)N2CCOCC2)c1. The van der Waals surface area contributed by atoms with Crippen molar-refractivity contribution in [3.05, 3.63) is 34.9 Å². The number of carbonyl (C=O) groups excluding carboxylic acids is 1. The average Bonchev–Trinajstić information content (AvgIpc) is 2.46. The lowest BCUT2D eigenvalue weighted by Crippen LogP contribution is -2.41. The Bertz CT molecular complexity index is 523. The fraction of sp³-hybridized carbons (Fsp3) is 0.400. The predicted molar refractivity (Wildman–Crippen MR) is 73.8 cm³/mol. The van der Waals surface area contributed by atoms with E-state index in [9.17, 15) is 4.79 Å². The zero-order valence-electron chi connectivity index (χ0n) is 11.1. The van der Waals surface area contributed by atoms with Crippen molar-refractivity contribution in [3.63, 3.8) is 0 Å². The van der Waals surface area contributed by atoms with Crippen LogP contribution in [-0.4, -0.2) is 43.7 Å². The van der Waals surface area contributed by atoms with Crippen LogP contribution in [0.1, 0.15) is 21.5 Å². The molecule has 1 fully saturated rings. The maximum absolute atomic E-state index is 12.5. The fourth-order valence-corrected chi connectivity index (χ4v) is 2.03. The second-order valence-electron chi connectivity index (χ2n) is 4.46. The minimum Gasteiger partial charge on any atom is -0.378 e. The van der Waals surface area contributed by atoms with Gasteiger partial charge in [0.15, 0.2) is 0 Å². The van der Waals surface area contributed by atoms with E-state index >= 15 is 0 Å². The molecule has 1 aromatic carbocycles. The molecule has 100 valence electrons. The summed E-state index contributed by atoms with van der Waals surface area (Å²) in [5.41, 5.74) is 7.84. The van der Waals surface area contributed by atoms with Crippen molar-refractivity contribution >= 4 is 5.91 Å². The van der Waals surface area contributed by atoms with Gasteiger partial charge < -0.3 is 15.4 Å². The molecule has 1 aliphatic rings. The van der Waals surface area contributed by atoms with Crippen molar-refractivity contribution in [3.8, 4) is 11.8 Å². The number of ether oxygens (including phenoxy) is 1. The van der Waals surface area contributed by atoms with E-state index in [-0.39, 0.29) is 5.91 Å². The van der Waals surface area contributed by atoms with E-state index in [4.69, 9.17) is 10.5 Å². The lowest BCUT2D eigenvalue weighted by atomic mass is 10.0. The number of benzene rings is 1. The van der Waals surface area contributed by atoms with Crippen LogP contribution in [0.2, 0.25) is 0 Å². The van der Waals surface area contributed by atoms with Gasteiger partial charge in [-0.15, -0.1) is 0 Å². The lowest BCUT2D eigenvalue weighted by Gasteiger charge is -2.27. The first-order valence-corrected chi connectivity index (χ1v) is 6.39. The average molecular weight is 258 g/mol. The number of amides is 1. The van der Waals surface area contributed by atoms with Crippen LogP contribution in [0.25, 0.3) is 0 Å². The highest BCUT2D eigenvalue weighted by Crippen LogP contribution is 2.14. The Kier molecular flexibility index (Phi) is 4.56. The number of rotatable bonds is 1. The van der Waals surface area contributed by atoms with E-state index < -0.39 is 0 Å². The molecule has 1 heterocycles. The van der Waals surface area contributed by atoms with Crippen LogP contribution < -0.4 is 5.73 Å². The molecule has 1 aliphatic heterocycles. The summed E-state index contributed by atoms with van der Waals surface area (Å²) in [5, 5.41) is 0. The van der Waals surface area contributed by atoms with Gasteiger partial charge in [-0.05, 0) is 19.1 Å². The van der Waals surface area contributed by atoms with Crippen molar-refractivity contribution in [2.45, 2.75) is 6.92 Å². The molecule has 19 heavy (non-hydrogen) atoms. The minimum absolute atomic E-state index is 0.0216. The monoisotopic (exact) mass is 258 g/mol. The number of nitrogens with two attached hydrogens (primary N) is 1. The third-order valence-corrected chi connectivity index (χ3v) is 3.03. The number of hydrogen-bond donors (Lipinski definition) is 1. The lowest BCUT2D eigenvalue weighted by molar-refractivity contribution is 0.0302. The normalized spacial score (nSPS) is 14.7. The molecular weight excluding hydrogens is 240 g/mol. The van der Waals surface area contributed by atoms with E-state index in [0.717, 1.165) is 11.1 Å². The van der Waals surface area contributed by atoms with E-state index in [1.807, 2.05) is 30.0 Å². The Labute approximate surface area is 113 Å². The Morgan fingerprint density at radius 3 is 2.84 bits per heavy atom. The second-order valence-corrected chi connectivity index (χ2v) is 4.46. The second kappa shape index (κ2) is 6.37. The highest BCUT2D eigenvalue weighted by atomic mass is 16.5. The smallest absolute Gasteiger partial charge is 0.255 e. The van der Waals surface area contributed by atoms with E-state index in [0.29, 0.717) is 38.4 Å². The molecule has 0 unspecified atom stereocenters. The van der Waals surface area contributed by atoms with Gasteiger partial charge in [-0.3, -0.25) is 4.79 Å². The van der Waals surface area contributed by atoms with Crippen LogP contribution in [0.4, 0.5) is 0 Å². The quantitative estimate of drug-likeness (QED) is 0.757. The molecule has 1 saturated heterocycles. The fourth-order valence-electron chi connectivity index (χ4n) is 2.03. The molecule has 0 radical (unpaired) electrons. The topological polar surface area (TPSA) is 55.6 Å². The third kappa shape index (κ3) is 3.34. The number of morpholine rings is 1. The summed E-state index contributed by atoms with van der Waals surface area (Å²) in [6.45, 7) is 4.73. The molecule has 0 atom stereocenters. The van der Waals surface area contributed by atoms with Crippen LogP contribution in [0, 0.1) is 18.8 Å². The van der Waals surface area contributed by atoms with Gasteiger partial charge in [0.1, 0.15) is 0 Å². The first kappa shape index (κ1) is 13.6. The largest absolute Gasteiger partial charge is 0.378 e. The zero-order chi connectivity index (χ0) is 13.7. The van der Waals surface area contributed by atoms with Gasteiger partial charge >= 0.3 is 0 Å². The van der Waals surface area contributed by atoms with Crippen LogP contribution in [0.5, 0.6) is 0 Å². The summed E-state index contributed by atoms with van der Waals surface area (Å²) in [6, 6.07) is 5.72. The van der Waals surface area contributed by atoms with E-state index in [1.54, 1.807) is 0 Å². The minimum atomic E-state index is 0.0216. The Morgan fingerprint density at radius 2 is 2.16 bits per heavy atom. The van der Waals surface area contributed by atoms with Crippen molar-refractivity contribution in [1.82, 2.24) is 4.90 Å². The molecule has 1 aromatic rings. The van der Waals surface area contributed by atoms with Gasteiger partial charge in [-0.2, -0.15) is 0 Å². The number of nitrogens with zero attached hydrogens (tertiary/aromatic N) is 1. The molecule has 4 nitrogen and oxygen atoms in total. The molecular formula is C15H18N2O2. The standard InChI is InChI=1S/C15H18N2O2/c1-12-4-5-13(3-2-6-16)14(11-12)15(18)17-7-9-19-10-8-17/h4-5,11H,6-10,16H2,1H3. The van der Waals surface area contributed by atoms with Crippen molar-refractivity contribution in [1.29, 1.82) is 0 Å². The Hall–Kier alpha value is -1.83. The summed E-state index contributed by atoms with van der Waals surface area (Å²) >= 11 is 0. The maximum Gasteiger partial charge on any atom is 0.255 e. The molecule has 0 saturated carbocycles. The van der Waals surface area contributed by atoms with Gasteiger partial charge in [0, 0.05) is 18.7 Å². The van der Waals surface area contributed by atoms with Gasteiger partial charge in [-0.1, -0.05) is 23.5 Å². The van der Waals surface area contributed by atoms with E-state index in [2.05, 4.69) is 11.8 Å². The summed E-state index contributed by atoms with van der Waals surface area (Å²) in [4.78, 5) is 14.3. The maximum atomic E-state index is 12.5. The van der Waals surface area contributed by atoms with Crippen molar-refractivity contribution in [2.75, 3.05) is 32.8 Å². The van der Waals surface area contributed by atoms with Crippen LogP contribution in [0.15, 0.2) is 18.2 Å². The molecule has 0 spiro atoms. The predicted octanol–water partition coefficient (Wildman–Crippen LogP) is 0.778. The molecule has 4 heteroatoms. The number of carbonyl (C=O) groups is 1. The molecule has 2 N–H and O–H groups in total. The zero-order valence-corrected chi connectivity index (χ0v) is 11.1. The third-order valence-electron chi connectivity index (χ3n) is 3.03. The van der Waals surface area contributed by atoms with Gasteiger partial charge in [0.25, 0.3) is 5.91 Å². The van der Waals surface area contributed by atoms with Gasteiger partial charge in [0.2, 0.25) is 0 Å². The summed E-state index contributed by atoms with van der Waals surface area (Å²) < 4.78 is 5.27. The van der Waals surface area contributed by atoms with Crippen molar-refractivity contribution < 1.29 is 9.53 Å². The first-order valence-electron chi connectivity index (χ1n) is 6.39. The highest BCUT2D eigenvalue weighted by Gasteiger charge is 2.20. The summed E-state index contributed by atoms with van der Waals surface area (Å²) in [7, 11) is 0. The van der Waals surface area contributed by atoms with Crippen LogP contribution >= 0.6 is 0 Å². The molecule has 0 aliphatic carbocycles. The first-order chi connectivity index (χ1) is 9.22. The van der Waals surface area contributed by atoms with Crippen LogP contribution in [-0.2, 0) is 4.74 Å². The van der Waals surface area contributed by atoms with Crippen molar-refractivity contribution in [2.24, 2.45) is 5.73 Å². The molecule has 0 bridgehead atoms. The number of aryl methyl sites for hydroxylation is 1. The van der Waals surface area contributed by atoms with E-state index in [1.165, 1.54) is 0 Å². The number of hydrogen-bond acceptors (Lipinski definition) is 3. The summed E-state index contributed by atoms with van der Waals surface area (Å²) in [5.74, 6) is 5.79. The Balaban J connectivity index is 2.30.